The number of carboxylic acids is 1. The van der Waals surface area contributed by atoms with Crippen molar-refractivity contribution in [3.63, 3.8) is 0 Å². The van der Waals surface area contributed by atoms with Gasteiger partial charge in [0.15, 0.2) is 0 Å². The number of carbonyl (C=O) groups excluding carboxylic acids is 1. The van der Waals surface area contributed by atoms with Gasteiger partial charge < -0.3 is 20.1 Å². The summed E-state index contributed by atoms with van der Waals surface area (Å²) in [4.78, 5) is 25.2. The Labute approximate surface area is 126 Å². The monoisotopic (exact) mass is 300 g/mol. The summed E-state index contributed by atoms with van der Waals surface area (Å²) in [5, 5.41) is 11.9. The molecule has 3 unspecified atom stereocenters. The first-order valence-corrected chi connectivity index (χ1v) is 7.89. The zero-order chi connectivity index (χ0) is 15.8. The number of carbonyl (C=O) groups is 2. The van der Waals surface area contributed by atoms with Crippen molar-refractivity contribution in [1.82, 2.24) is 10.2 Å². The van der Waals surface area contributed by atoms with Crippen LogP contribution in [-0.2, 0) is 9.53 Å². The molecule has 1 heterocycles. The molecule has 0 spiro atoms. The summed E-state index contributed by atoms with van der Waals surface area (Å²) >= 11 is 0. The Morgan fingerprint density at radius 2 is 2.14 bits per heavy atom. The van der Waals surface area contributed by atoms with Gasteiger partial charge in [-0.3, -0.25) is 0 Å². The lowest BCUT2D eigenvalue weighted by molar-refractivity contribution is -0.140. The van der Waals surface area contributed by atoms with E-state index in [0.717, 1.165) is 19.3 Å². The largest absolute Gasteiger partial charge is 0.480 e. The Balaban J connectivity index is 2.54. The number of ether oxygens (including phenoxy) is 1. The van der Waals surface area contributed by atoms with E-state index in [0.29, 0.717) is 26.1 Å². The third kappa shape index (κ3) is 5.53. The number of hydrogen-bond donors (Lipinski definition) is 2. The molecule has 3 atom stereocenters. The minimum atomic E-state index is -0.978. The van der Waals surface area contributed by atoms with Gasteiger partial charge in [0.05, 0.1) is 6.10 Å². The van der Waals surface area contributed by atoms with Gasteiger partial charge in [0.1, 0.15) is 6.04 Å². The van der Waals surface area contributed by atoms with E-state index in [-0.39, 0.29) is 18.1 Å². The molecule has 0 saturated carbocycles. The number of urea groups is 1. The first-order chi connectivity index (χ1) is 9.99. The number of piperidine rings is 1. The topological polar surface area (TPSA) is 78.9 Å². The fraction of sp³-hybridized carbons (Fsp3) is 0.867. The van der Waals surface area contributed by atoms with Crippen LogP contribution >= 0.6 is 0 Å². The fourth-order valence-corrected chi connectivity index (χ4v) is 2.45. The average molecular weight is 300 g/mol. The second-order valence-electron chi connectivity index (χ2n) is 5.73. The summed E-state index contributed by atoms with van der Waals surface area (Å²) < 4.78 is 5.70. The van der Waals surface area contributed by atoms with Gasteiger partial charge in [0.2, 0.25) is 0 Å². The van der Waals surface area contributed by atoms with Crippen molar-refractivity contribution in [3.8, 4) is 0 Å². The number of aliphatic carboxylic acids is 1. The SMILES string of the molecule is CCCOC1CCCN(C(=O)NC(C(=O)O)C(C)CC)C1. The van der Waals surface area contributed by atoms with Gasteiger partial charge in [-0.25, -0.2) is 9.59 Å². The minimum Gasteiger partial charge on any atom is -0.480 e. The lowest BCUT2D eigenvalue weighted by Gasteiger charge is -2.34. The molecule has 0 bridgehead atoms. The standard InChI is InChI=1S/C15H28N2O4/c1-4-9-21-12-7-6-8-17(10-12)15(20)16-13(14(18)19)11(3)5-2/h11-13H,4-10H2,1-3H3,(H,16,20)(H,18,19). The summed E-state index contributed by atoms with van der Waals surface area (Å²) in [6.45, 7) is 7.70. The minimum absolute atomic E-state index is 0.0660. The summed E-state index contributed by atoms with van der Waals surface area (Å²) in [5.74, 6) is -1.07. The number of nitrogens with zero attached hydrogens (tertiary/aromatic N) is 1. The van der Waals surface area contributed by atoms with Crippen LogP contribution in [0.3, 0.4) is 0 Å². The maximum absolute atomic E-state index is 12.2. The Morgan fingerprint density at radius 1 is 1.43 bits per heavy atom. The van der Waals surface area contributed by atoms with Crippen LogP contribution in [0.5, 0.6) is 0 Å². The van der Waals surface area contributed by atoms with E-state index in [2.05, 4.69) is 12.2 Å². The van der Waals surface area contributed by atoms with Crippen molar-refractivity contribution < 1.29 is 19.4 Å². The first-order valence-electron chi connectivity index (χ1n) is 7.89. The van der Waals surface area contributed by atoms with E-state index >= 15 is 0 Å². The van der Waals surface area contributed by atoms with E-state index in [1.807, 2.05) is 13.8 Å². The molecule has 6 nitrogen and oxygen atoms in total. The van der Waals surface area contributed by atoms with Gasteiger partial charge in [-0.15, -0.1) is 0 Å². The Bertz CT molecular complexity index is 349. The first kappa shape index (κ1) is 17.8. The zero-order valence-corrected chi connectivity index (χ0v) is 13.3. The quantitative estimate of drug-likeness (QED) is 0.754. The Hall–Kier alpha value is -1.30. The van der Waals surface area contributed by atoms with Gasteiger partial charge in [-0.2, -0.15) is 0 Å². The maximum atomic E-state index is 12.2. The van der Waals surface area contributed by atoms with Crippen molar-refractivity contribution in [2.45, 2.75) is 58.6 Å². The molecule has 0 aromatic heterocycles. The molecule has 21 heavy (non-hydrogen) atoms. The van der Waals surface area contributed by atoms with E-state index in [1.54, 1.807) is 4.90 Å². The van der Waals surface area contributed by atoms with Crippen LogP contribution in [0.1, 0.15) is 46.5 Å². The molecule has 2 amide bonds. The molecular formula is C15H28N2O4. The van der Waals surface area contributed by atoms with Crippen LogP contribution in [0.4, 0.5) is 4.79 Å². The predicted molar refractivity (Wildman–Crippen MR) is 80.2 cm³/mol. The lowest BCUT2D eigenvalue weighted by Crippen LogP contribution is -2.53. The van der Waals surface area contributed by atoms with Gasteiger partial charge >= 0.3 is 12.0 Å². The predicted octanol–water partition coefficient (Wildman–Crippen LogP) is 2.09. The molecule has 0 aromatic carbocycles. The van der Waals surface area contributed by atoms with Gasteiger partial charge in [0, 0.05) is 19.7 Å². The Kier molecular flexibility index (Phi) is 7.50. The van der Waals surface area contributed by atoms with Crippen molar-refractivity contribution in [2.75, 3.05) is 19.7 Å². The smallest absolute Gasteiger partial charge is 0.326 e. The highest BCUT2D eigenvalue weighted by Gasteiger charge is 2.29. The van der Waals surface area contributed by atoms with Gasteiger partial charge in [0.25, 0.3) is 0 Å². The van der Waals surface area contributed by atoms with Crippen LogP contribution in [0.15, 0.2) is 0 Å². The summed E-state index contributed by atoms with van der Waals surface area (Å²) in [7, 11) is 0. The second kappa shape index (κ2) is 8.87. The summed E-state index contributed by atoms with van der Waals surface area (Å²) in [5.41, 5.74) is 0. The fourth-order valence-electron chi connectivity index (χ4n) is 2.45. The van der Waals surface area contributed by atoms with Crippen molar-refractivity contribution in [3.05, 3.63) is 0 Å². The normalized spacial score (nSPS) is 21.7. The summed E-state index contributed by atoms with van der Waals surface area (Å²) in [6.07, 6.45) is 3.58. The zero-order valence-electron chi connectivity index (χ0n) is 13.3. The Morgan fingerprint density at radius 3 is 2.71 bits per heavy atom. The van der Waals surface area contributed by atoms with Crippen molar-refractivity contribution in [2.24, 2.45) is 5.92 Å². The van der Waals surface area contributed by atoms with Gasteiger partial charge in [-0.1, -0.05) is 27.2 Å². The molecule has 0 aromatic rings. The highest BCUT2D eigenvalue weighted by Crippen LogP contribution is 2.15. The number of likely N-dealkylation sites (tertiary alicyclic amines) is 1. The summed E-state index contributed by atoms with van der Waals surface area (Å²) in [6, 6.07) is -1.13. The molecule has 0 aliphatic carbocycles. The lowest BCUT2D eigenvalue weighted by atomic mass is 9.99. The second-order valence-corrected chi connectivity index (χ2v) is 5.73. The molecule has 1 fully saturated rings. The molecular weight excluding hydrogens is 272 g/mol. The van der Waals surface area contributed by atoms with E-state index < -0.39 is 12.0 Å². The van der Waals surface area contributed by atoms with Crippen LogP contribution < -0.4 is 5.32 Å². The van der Waals surface area contributed by atoms with Crippen LogP contribution in [0.25, 0.3) is 0 Å². The van der Waals surface area contributed by atoms with Crippen LogP contribution in [0.2, 0.25) is 0 Å². The van der Waals surface area contributed by atoms with Gasteiger partial charge in [-0.05, 0) is 25.2 Å². The molecule has 122 valence electrons. The number of rotatable bonds is 7. The van der Waals surface area contributed by atoms with Crippen LogP contribution in [0, 0.1) is 5.92 Å². The molecule has 2 N–H and O–H groups in total. The molecule has 1 aliphatic heterocycles. The van der Waals surface area contributed by atoms with E-state index in [1.165, 1.54) is 0 Å². The number of amides is 2. The highest BCUT2D eigenvalue weighted by molar-refractivity contribution is 5.82. The molecule has 1 rings (SSSR count). The number of carboxylic acid groups (broad SMARTS) is 1. The third-order valence-corrected chi connectivity index (χ3v) is 3.98. The molecule has 1 saturated heterocycles. The molecule has 6 heteroatoms. The van der Waals surface area contributed by atoms with Crippen molar-refractivity contribution in [1.29, 1.82) is 0 Å². The van der Waals surface area contributed by atoms with E-state index in [9.17, 15) is 14.7 Å². The third-order valence-electron chi connectivity index (χ3n) is 3.98. The average Bonchev–Trinajstić information content (AvgIpc) is 2.49. The number of hydrogen-bond acceptors (Lipinski definition) is 3. The van der Waals surface area contributed by atoms with Crippen LogP contribution in [-0.4, -0.2) is 53.8 Å². The molecule has 0 radical (unpaired) electrons. The van der Waals surface area contributed by atoms with E-state index in [4.69, 9.17) is 4.74 Å². The highest BCUT2D eigenvalue weighted by atomic mass is 16.5. The van der Waals surface area contributed by atoms with Crippen molar-refractivity contribution >= 4 is 12.0 Å². The molecule has 1 aliphatic rings. The maximum Gasteiger partial charge on any atom is 0.326 e. The number of nitrogens with one attached hydrogen (secondary N) is 1.